The van der Waals surface area contributed by atoms with Crippen LogP contribution >= 0.6 is 0 Å². The summed E-state index contributed by atoms with van der Waals surface area (Å²) in [5, 5.41) is 9.23. The largest absolute Gasteiger partial charge is 0.497 e. The lowest BCUT2D eigenvalue weighted by atomic mass is 10.0. The summed E-state index contributed by atoms with van der Waals surface area (Å²) in [4.78, 5) is 29.9. The van der Waals surface area contributed by atoms with E-state index in [2.05, 4.69) is 4.98 Å². The lowest BCUT2D eigenvalue weighted by Gasteiger charge is -2.27. The molecule has 1 amide bonds. The van der Waals surface area contributed by atoms with Crippen LogP contribution in [0.5, 0.6) is 11.5 Å². The molecule has 0 saturated heterocycles. The molecule has 0 saturated carbocycles. The monoisotopic (exact) mass is 506 g/mol. The number of carboxylic acids is 1. The average molecular weight is 506 g/mol. The molecule has 3 aromatic rings. The summed E-state index contributed by atoms with van der Waals surface area (Å²) >= 11 is 0. The van der Waals surface area contributed by atoms with Crippen LogP contribution in [0, 0.1) is 0 Å². The van der Waals surface area contributed by atoms with Crippen molar-refractivity contribution in [3.05, 3.63) is 59.2 Å². The minimum Gasteiger partial charge on any atom is -0.497 e. The number of amides is 1. The van der Waals surface area contributed by atoms with Gasteiger partial charge in [0.05, 0.1) is 37.4 Å². The molecular formula is C25H25F3N2O6. The molecule has 0 unspecified atom stereocenters. The highest BCUT2D eigenvalue weighted by atomic mass is 19.4. The molecule has 0 aliphatic carbocycles. The quantitative estimate of drug-likeness (QED) is 0.444. The molecule has 0 aliphatic rings. The summed E-state index contributed by atoms with van der Waals surface area (Å²) in [5.41, 5.74) is -2.49. The summed E-state index contributed by atoms with van der Waals surface area (Å²) < 4.78 is 57.3. The maximum atomic E-state index is 13.8. The zero-order valence-corrected chi connectivity index (χ0v) is 20.3. The number of halogens is 3. The molecule has 0 fully saturated rings. The number of methoxy groups -OCH3 is 2. The van der Waals surface area contributed by atoms with E-state index >= 15 is 0 Å². The number of benzene rings is 2. The van der Waals surface area contributed by atoms with Gasteiger partial charge >= 0.3 is 18.2 Å². The summed E-state index contributed by atoms with van der Waals surface area (Å²) in [6, 6.07) is 8.88. The zero-order chi connectivity index (χ0) is 26.8. The number of nitrogens with zero attached hydrogens (tertiary/aromatic N) is 2. The van der Waals surface area contributed by atoms with Crippen molar-refractivity contribution >= 4 is 28.8 Å². The Morgan fingerprint density at radius 3 is 2.25 bits per heavy atom. The first kappa shape index (κ1) is 26.6. The van der Waals surface area contributed by atoms with Crippen molar-refractivity contribution in [2.45, 2.75) is 39.1 Å². The molecule has 11 heteroatoms. The Bertz CT molecular complexity index is 1300. The predicted molar refractivity (Wildman–Crippen MR) is 126 cm³/mol. The predicted octanol–water partition coefficient (Wildman–Crippen LogP) is 5.91. The number of rotatable bonds is 6. The maximum Gasteiger partial charge on any atom is 0.418 e. The smallest absolute Gasteiger partial charge is 0.418 e. The van der Waals surface area contributed by atoms with E-state index in [-0.39, 0.29) is 23.3 Å². The molecule has 192 valence electrons. The number of ether oxygens (including phenoxy) is 3. The molecule has 1 N–H and O–H groups in total. The third-order valence-corrected chi connectivity index (χ3v) is 5.09. The van der Waals surface area contributed by atoms with Crippen LogP contribution in [0.2, 0.25) is 0 Å². The molecule has 8 nitrogen and oxygen atoms in total. The van der Waals surface area contributed by atoms with E-state index in [0.717, 1.165) is 11.0 Å². The highest BCUT2D eigenvalue weighted by Gasteiger charge is 2.35. The second kappa shape index (κ2) is 9.92. The second-order valence-corrected chi connectivity index (χ2v) is 8.77. The summed E-state index contributed by atoms with van der Waals surface area (Å²) in [6.45, 7) is 4.77. The van der Waals surface area contributed by atoms with Gasteiger partial charge in [-0.2, -0.15) is 13.2 Å². The molecular weight excluding hydrogens is 481 g/mol. The van der Waals surface area contributed by atoms with Gasteiger partial charge in [0.2, 0.25) is 0 Å². The minimum absolute atomic E-state index is 0.164. The molecule has 2 aromatic carbocycles. The van der Waals surface area contributed by atoms with Crippen LogP contribution in [0.1, 0.15) is 42.3 Å². The number of carbonyl (C=O) groups is 2. The third kappa shape index (κ3) is 5.78. The van der Waals surface area contributed by atoms with Gasteiger partial charge in [-0.3, -0.25) is 4.90 Å². The van der Waals surface area contributed by atoms with Crippen LogP contribution in [-0.2, 0) is 17.5 Å². The minimum atomic E-state index is -4.81. The van der Waals surface area contributed by atoms with Crippen LogP contribution in [0.25, 0.3) is 10.9 Å². The van der Waals surface area contributed by atoms with E-state index in [9.17, 15) is 27.9 Å². The Morgan fingerprint density at radius 1 is 1.00 bits per heavy atom. The van der Waals surface area contributed by atoms with Crippen molar-refractivity contribution in [3.8, 4) is 11.5 Å². The highest BCUT2D eigenvalue weighted by molar-refractivity contribution is 6.04. The molecule has 0 spiro atoms. The van der Waals surface area contributed by atoms with Crippen molar-refractivity contribution in [1.82, 2.24) is 4.98 Å². The van der Waals surface area contributed by atoms with Gasteiger partial charge in [-0.15, -0.1) is 0 Å². The lowest BCUT2D eigenvalue weighted by Crippen LogP contribution is -2.37. The lowest BCUT2D eigenvalue weighted by molar-refractivity contribution is -0.136. The maximum absolute atomic E-state index is 13.8. The third-order valence-electron chi connectivity index (χ3n) is 5.09. The number of aromatic nitrogens is 1. The average Bonchev–Trinajstić information content (AvgIpc) is 2.79. The topological polar surface area (TPSA) is 98.2 Å². The number of carbonyl (C=O) groups excluding carboxylic acids is 1. The van der Waals surface area contributed by atoms with Crippen LogP contribution in [0.15, 0.2) is 42.5 Å². The molecule has 0 aliphatic heterocycles. The van der Waals surface area contributed by atoms with Gasteiger partial charge in [0.25, 0.3) is 0 Å². The summed E-state index contributed by atoms with van der Waals surface area (Å²) in [6.07, 6.45) is -5.67. The zero-order valence-electron chi connectivity index (χ0n) is 20.3. The number of alkyl halides is 3. The molecule has 1 aromatic heterocycles. The Hall–Kier alpha value is -4.02. The second-order valence-electron chi connectivity index (χ2n) is 8.77. The molecule has 0 atom stereocenters. The van der Waals surface area contributed by atoms with E-state index in [1.165, 1.54) is 26.4 Å². The number of anilines is 1. The number of pyridine rings is 1. The van der Waals surface area contributed by atoms with E-state index in [0.29, 0.717) is 23.1 Å². The fourth-order valence-corrected chi connectivity index (χ4v) is 3.48. The van der Waals surface area contributed by atoms with Gasteiger partial charge in [-0.05, 0) is 57.2 Å². The Morgan fingerprint density at radius 2 is 1.69 bits per heavy atom. The fourth-order valence-electron chi connectivity index (χ4n) is 3.48. The van der Waals surface area contributed by atoms with Gasteiger partial charge < -0.3 is 19.3 Å². The number of hydrogen-bond donors (Lipinski definition) is 1. The van der Waals surface area contributed by atoms with E-state index in [1.807, 2.05) is 0 Å². The highest BCUT2D eigenvalue weighted by Crippen LogP contribution is 2.37. The van der Waals surface area contributed by atoms with Crippen molar-refractivity contribution in [3.63, 3.8) is 0 Å². The number of carboxylic acid groups (broad SMARTS) is 1. The summed E-state index contributed by atoms with van der Waals surface area (Å²) in [7, 11) is 2.90. The molecule has 0 radical (unpaired) electrons. The SMILES string of the molecule is COc1ccc(CN(C(=O)OC(C)(C)C)c2ccc3c(C(=O)O)ccc(C(F)(F)F)c3n2)c(OC)c1. The van der Waals surface area contributed by atoms with E-state index in [1.54, 1.807) is 39.0 Å². The van der Waals surface area contributed by atoms with Gasteiger partial charge in [0, 0.05) is 17.0 Å². The van der Waals surface area contributed by atoms with Crippen molar-refractivity contribution in [1.29, 1.82) is 0 Å². The fraction of sp³-hybridized carbons (Fsp3) is 0.320. The van der Waals surface area contributed by atoms with Gasteiger partial charge in [-0.25, -0.2) is 14.6 Å². The van der Waals surface area contributed by atoms with Crippen LogP contribution in [0.4, 0.5) is 23.8 Å². The van der Waals surface area contributed by atoms with Gasteiger partial charge in [0.1, 0.15) is 22.9 Å². The molecule has 1 heterocycles. The first-order chi connectivity index (χ1) is 16.7. The first-order valence-corrected chi connectivity index (χ1v) is 10.7. The van der Waals surface area contributed by atoms with E-state index in [4.69, 9.17) is 14.2 Å². The number of hydrogen-bond acceptors (Lipinski definition) is 6. The van der Waals surface area contributed by atoms with Crippen molar-refractivity contribution in [2.75, 3.05) is 19.1 Å². The van der Waals surface area contributed by atoms with Crippen LogP contribution in [0.3, 0.4) is 0 Å². The first-order valence-electron chi connectivity index (χ1n) is 10.7. The van der Waals surface area contributed by atoms with E-state index < -0.39 is 34.9 Å². The van der Waals surface area contributed by atoms with Gasteiger partial charge in [0.15, 0.2) is 0 Å². The van der Waals surface area contributed by atoms with Crippen molar-refractivity contribution in [2.24, 2.45) is 0 Å². The molecule has 0 bridgehead atoms. The molecule has 36 heavy (non-hydrogen) atoms. The normalized spacial score (nSPS) is 11.8. The number of fused-ring (bicyclic) bond motifs is 1. The standard InChI is InChI=1S/C25H25F3N2O6/c1-24(2,3)36-23(33)30(13-14-6-7-15(34-4)12-19(14)35-5)20-11-9-16-17(22(31)32)8-10-18(21(16)29-20)25(26,27)28/h6-12H,13H2,1-5H3,(H,31,32). The van der Waals surface area contributed by atoms with Crippen molar-refractivity contribution < 1.29 is 42.1 Å². The van der Waals surface area contributed by atoms with Gasteiger partial charge in [-0.1, -0.05) is 0 Å². The Kier molecular flexibility index (Phi) is 7.33. The summed E-state index contributed by atoms with van der Waals surface area (Å²) in [5.74, 6) is -0.704. The Balaban J connectivity index is 2.21. The van der Waals surface area contributed by atoms with Crippen LogP contribution in [-0.4, -0.2) is 42.0 Å². The molecule has 3 rings (SSSR count). The van der Waals surface area contributed by atoms with Crippen LogP contribution < -0.4 is 14.4 Å². The Labute approximate surface area is 205 Å². The number of aromatic carboxylic acids is 1.